The number of carbonyl (C=O) groups excluding carboxylic acids is 1. The summed E-state index contributed by atoms with van der Waals surface area (Å²) in [6.45, 7) is 0.833. The van der Waals surface area contributed by atoms with Crippen LogP contribution >= 0.6 is 0 Å². The number of carboxylic acids is 1. The van der Waals surface area contributed by atoms with Crippen molar-refractivity contribution in [2.45, 2.75) is 83.5 Å². The second-order valence-corrected chi connectivity index (χ2v) is 14.2. The van der Waals surface area contributed by atoms with Crippen molar-refractivity contribution in [1.82, 2.24) is 0 Å². The number of carboxylic acid groups (broad SMARTS) is 1. The topological polar surface area (TPSA) is 57.6 Å². The van der Waals surface area contributed by atoms with E-state index in [1.54, 1.807) is 0 Å². The van der Waals surface area contributed by atoms with Crippen molar-refractivity contribution >= 4 is 17.6 Å². The zero-order valence-corrected chi connectivity index (χ0v) is 20.2. The fourth-order valence-corrected chi connectivity index (χ4v) is 12.1. The summed E-state index contributed by atoms with van der Waals surface area (Å²) in [6, 6.07) is 8.50. The minimum atomic E-state index is -0.518. The molecule has 4 nitrogen and oxygen atoms in total. The predicted octanol–water partition coefficient (Wildman–Crippen LogP) is 5.83. The highest BCUT2D eigenvalue weighted by atomic mass is 16.4. The summed E-state index contributed by atoms with van der Waals surface area (Å²) in [7, 11) is 0. The summed E-state index contributed by atoms with van der Waals surface area (Å²) in [5.41, 5.74) is 2.16. The van der Waals surface area contributed by atoms with Gasteiger partial charge in [-0.05, 0) is 130 Å². The Morgan fingerprint density at radius 1 is 0.765 bits per heavy atom. The molecular weight excluding hydrogens is 422 g/mol. The molecule has 8 bridgehead atoms. The van der Waals surface area contributed by atoms with Crippen LogP contribution in [0.1, 0.15) is 82.6 Å². The van der Waals surface area contributed by atoms with Crippen molar-refractivity contribution in [3.05, 3.63) is 29.8 Å². The number of para-hydroxylation sites is 1. The molecule has 9 aliphatic rings. The Balaban J connectivity index is 1.20. The second kappa shape index (κ2) is 6.28. The molecule has 0 spiro atoms. The van der Waals surface area contributed by atoms with Crippen LogP contribution in [0.4, 0.5) is 5.69 Å². The number of anilines is 1. The molecule has 0 aromatic heterocycles. The monoisotopic (exact) mass is 459 g/mol. The van der Waals surface area contributed by atoms with E-state index in [4.69, 9.17) is 0 Å². The average Bonchev–Trinajstić information content (AvgIpc) is 3.21. The van der Waals surface area contributed by atoms with Crippen LogP contribution in [-0.2, 0) is 16.0 Å². The van der Waals surface area contributed by atoms with Gasteiger partial charge in [0, 0.05) is 12.2 Å². The highest BCUT2D eigenvalue weighted by Crippen LogP contribution is 2.78. The lowest BCUT2D eigenvalue weighted by atomic mass is 9.31. The van der Waals surface area contributed by atoms with Gasteiger partial charge >= 0.3 is 5.97 Å². The highest BCUT2D eigenvalue weighted by molar-refractivity contribution is 5.99. The first-order valence-corrected chi connectivity index (χ1v) is 14.0. The van der Waals surface area contributed by atoms with Crippen LogP contribution in [0, 0.1) is 45.3 Å². The van der Waals surface area contributed by atoms with Gasteiger partial charge in [0.15, 0.2) is 0 Å². The smallest absolute Gasteiger partial charge is 0.309 e. The van der Waals surface area contributed by atoms with E-state index in [2.05, 4.69) is 29.2 Å². The lowest BCUT2D eigenvalue weighted by Crippen LogP contribution is -2.67. The first-order chi connectivity index (χ1) is 16.3. The number of hydrogen-bond donors (Lipinski definition) is 1. The minimum Gasteiger partial charge on any atom is -0.481 e. The van der Waals surface area contributed by atoms with E-state index in [1.165, 1.54) is 44.1 Å². The molecule has 1 aromatic carbocycles. The molecular formula is C30H37NO3. The maximum Gasteiger partial charge on any atom is 0.309 e. The summed E-state index contributed by atoms with van der Waals surface area (Å²) in [5, 5.41) is 10.4. The van der Waals surface area contributed by atoms with Crippen LogP contribution in [0.5, 0.6) is 0 Å². The van der Waals surface area contributed by atoms with E-state index >= 15 is 0 Å². The molecule has 1 aliphatic heterocycles. The molecule has 8 saturated carbocycles. The van der Waals surface area contributed by atoms with Crippen molar-refractivity contribution in [3.63, 3.8) is 0 Å². The van der Waals surface area contributed by atoms with Crippen LogP contribution < -0.4 is 4.90 Å². The number of benzene rings is 1. The van der Waals surface area contributed by atoms with E-state index in [9.17, 15) is 14.7 Å². The van der Waals surface area contributed by atoms with Gasteiger partial charge in [-0.25, -0.2) is 0 Å². The zero-order valence-electron chi connectivity index (χ0n) is 20.2. The van der Waals surface area contributed by atoms with Gasteiger partial charge < -0.3 is 10.0 Å². The Morgan fingerprint density at radius 3 is 1.88 bits per heavy atom. The number of rotatable bonds is 3. The van der Waals surface area contributed by atoms with Gasteiger partial charge in [0.2, 0.25) is 5.91 Å². The summed E-state index contributed by atoms with van der Waals surface area (Å²) >= 11 is 0. The predicted molar refractivity (Wildman–Crippen MR) is 129 cm³/mol. The van der Waals surface area contributed by atoms with Crippen molar-refractivity contribution < 1.29 is 14.7 Å². The van der Waals surface area contributed by atoms with E-state index in [0.717, 1.165) is 57.2 Å². The van der Waals surface area contributed by atoms with Crippen LogP contribution in [0.2, 0.25) is 0 Å². The standard InChI is InChI=1S/C30H37NO3/c32-25(31-6-5-23-3-1-2-4-24(23)31)27-9-19-7-20(10-27)14-29(13-19,17-27)30-15-21-8-22(16-30)12-28(11-21,18-30)26(33)34/h1-4,19-22H,5-18H2,(H,33,34). The van der Waals surface area contributed by atoms with Crippen LogP contribution in [-0.4, -0.2) is 23.5 Å². The van der Waals surface area contributed by atoms with Crippen LogP contribution in [0.25, 0.3) is 0 Å². The first kappa shape index (κ1) is 20.4. The van der Waals surface area contributed by atoms with Crippen molar-refractivity contribution in [1.29, 1.82) is 0 Å². The molecule has 34 heavy (non-hydrogen) atoms. The van der Waals surface area contributed by atoms with Gasteiger partial charge in [-0.3, -0.25) is 9.59 Å². The van der Waals surface area contributed by atoms with Gasteiger partial charge in [0.25, 0.3) is 0 Å². The average molecular weight is 460 g/mol. The SMILES string of the molecule is O=C(O)C12CC3CC(C1)CC(C14CC5CC(CC(C(=O)N6CCc7ccccc76)(C5)C1)C4)(C3)C2. The number of aliphatic carboxylic acids is 1. The molecule has 180 valence electrons. The van der Waals surface area contributed by atoms with Gasteiger partial charge in [-0.2, -0.15) is 0 Å². The molecule has 1 amide bonds. The molecule has 0 saturated heterocycles. The Kier molecular flexibility index (Phi) is 3.76. The normalized spacial score (nSPS) is 49.5. The molecule has 4 unspecified atom stereocenters. The lowest BCUT2D eigenvalue weighted by Gasteiger charge is -2.73. The number of amides is 1. The van der Waals surface area contributed by atoms with Gasteiger partial charge in [-0.1, -0.05) is 18.2 Å². The van der Waals surface area contributed by atoms with Gasteiger partial charge in [-0.15, -0.1) is 0 Å². The molecule has 10 rings (SSSR count). The summed E-state index contributed by atoms with van der Waals surface area (Å²) < 4.78 is 0. The molecule has 1 N–H and O–H groups in total. The fraction of sp³-hybridized carbons (Fsp3) is 0.733. The third-order valence-corrected chi connectivity index (χ3v) is 12.3. The van der Waals surface area contributed by atoms with Crippen molar-refractivity contribution in [3.8, 4) is 0 Å². The van der Waals surface area contributed by atoms with E-state index in [1.807, 2.05) is 0 Å². The summed E-state index contributed by atoms with van der Waals surface area (Å²) in [4.78, 5) is 29.2. The Morgan fingerprint density at radius 2 is 1.29 bits per heavy atom. The minimum absolute atomic E-state index is 0.168. The number of carbonyl (C=O) groups is 2. The van der Waals surface area contributed by atoms with E-state index in [-0.39, 0.29) is 16.2 Å². The first-order valence-electron chi connectivity index (χ1n) is 14.0. The summed E-state index contributed by atoms with van der Waals surface area (Å²) in [6.07, 6.45) is 14.5. The molecule has 4 atom stereocenters. The maximum absolute atomic E-state index is 14.4. The Bertz CT molecular complexity index is 1080. The Hall–Kier alpha value is -1.84. The largest absolute Gasteiger partial charge is 0.481 e. The number of hydrogen-bond acceptors (Lipinski definition) is 2. The number of nitrogens with zero attached hydrogens (tertiary/aromatic N) is 1. The second-order valence-electron chi connectivity index (χ2n) is 14.2. The molecule has 1 aromatic rings. The van der Waals surface area contributed by atoms with Crippen LogP contribution in [0.3, 0.4) is 0 Å². The van der Waals surface area contributed by atoms with Gasteiger partial charge in [0.05, 0.1) is 10.8 Å². The Labute approximate surface area is 202 Å². The molecule has 0 radical (unpaired) electrons. The van der Waals surface area contributed by atoms with Crippen molar-refractivity contribution in [2.24, 2.45) is 45.3 Å². The maximum atomic E-state index is 14.4. The third kappa shape index (κ3) is 2.41. The molecule has 4 heteroatoms. The van der Waals surface area contributed by atoms with Gasteiger partial charge in [0.1, 0.15) is 0 Å². The zero-order chi connectivity index (χ0) is 22.9. The lowest BCUT2D eigenvalue weighted by molar-refractivity contribution is -0.238. The number of fused-ring (bicyclic) bond motifs is 1. The van der Waals surface area contributed by atoms with Crippen molar-refractivity contribution in [2.75, 3.05) is 11.4 Å². The third-order valence-electron chi connectivity index (χ3n) is 12.3. The van der Waals surface area contributed by atoms with E-state index < -0.39 is 11.4 Å². The quantitative estimate of drug-likeness (QED) is 0.618. The molecule has 8 aliphatic carbocycles. The fourth-order valence-electron chi connectivity index (χ4n) is 12.1. The highest BCUT2D eigenvalue weighted by Gasteiger charge is 2.72. The van der Waals surface area contributed by atoms with Crippen LogP contribution in [0.15, 0.2) is 24.3 Å². The summed E-state index contributed by atoms with van der Waals surface area (Å²) in [5.74, 6) is 2.42. The molecule has 8 fully saturated rings. The van der Waals surface area contributed by atoms with E-state index in [0.29, 0.717) is 29.6 Å². The molecule has 1 heterocycles.